The number of alkyl halides is 2. The number of ether oxygens (including phenoxy) is 1. The molecular formula is C13H18F2N4O2. The van der Waals surface area contributed by atoms with Crippen LogP contribution in [0.5, 0.6) is 0 Å². The number of rotatable bonds is 3. The summed E-state index contributed by atoms with van der Waals surface area (Å²) in [5.74, 6) is -2.58. The van der Waals surface area contributed by atoms with Crippen molar-refractivity contribution in [2.24, 2.45) is 0 Å². The zero-order valence-electron chi connectivity index (χ0n) is 11.5. The van der Waals surface area contributed by atoms with E-state index in [2.05, 4.69) is 20.8 Å². The fourth-order valence-corrected chi connectivity index (χ4v) is 2.73. The number of H-pyrrole nitrogens is 1. The number of hydrogen-bond donors (Lipinski definition) is 3. The summed E-state index contributed by atoms with van der Waals surface area (Å²) in [6, 6.07) is 0.893. The Bertz CT molecular complexity index is 514. The summed E-state index contributed by atoms with van der Waals surface area (Å²) < 4.78 is 31.4. The van der Waals surface area contributed by atoms with Crippen molar-refractivity contribution in [1.29, 1.82) is 0 Å². The van der Waals surface area contributed by atoms with Gasteiger partial charge >= 0.3 is 0 Å². The quantitative estimate of drug-likeness (QED) is 0.785. The first-order valence-electron chi connectivity index (χ1n) is 7.09. The third-order valence-corrected chi connectivity index (χ3v) is 3.94. The zero-order valence-corrected chi connectivity index (χ0v) is 11.5. The third kappa shape index (κ3) is 3.38. The maximum absolute atomic E-state index is 13.1. The first-order valence-corrected chi connectivity index (χ1v) is 7.09. The number of anilines is 1. The minimum Gasteiger partial charge on any atom is -0.381 e. The van der Waals surface area contributed by atoms with Crippen molar-refractivity contribution in [2.45, 2.75) is 37.1 Å². The Morgan fingerprint density at radius 2 is 2.19 bits per heavy atom. The van der Waals surface area contributed by atoms with E-state index < -0.39 is 30.8 Å². The van der Waals surface area contributed by atoms with Gasteiger partial charge in [-0.25, -0.2) is 8.78 Å². The van der Waals surface area contributed by atoms with Crippen LogP contribution < -0.4 is 10.6 Å². The van der Waals surface area contributed by atoms with Gasteiger partial charge in [-0.2, -0.15) is 5.10 Å². The average molecular weight is 300 g/mol. The normalized spacial score (nSPS) is 25.9. The van der Waals surface area contributed by atoms with Crippen molar-refractivity contribution >= 4 is 11.7 Å². The summed E-state index contributed by atoms with van der Waals surface area (Å²) in [6.45, 7) is 0.970. The molecule has 1 aromatic heterocycles. The number of amides is 1. The molecule has 0 aliphatic carbocycles. The smallest absolute Gasteiger partial charge is 0.262 e. The Labute approximate surface area is 120 Å². The minimum absolute atomic E-state index is 0.339. The fourth-order valence-electron chi connectivity index (χ4n) is 2.73. The zero-order chi connectivity index (χ0) is 14.9. The first kappa shape index (κ1) is 14.4. The predicted molar refractivity (Wildman–Crippen MR) is 71.4 cm³/mol. The maximum Gasteiger partial charge on any atom is 0.262 e. The molecule has 1 amide bonds. The first-order chi connectivity index (χ1) is 10.0. The summed E-state index contributed by atoms with van der Waals surface area (Å²) in [5.41, 5.74) is 0.943. The van der Waals surface area contributed by atoms with Crippen LogP contribution in [0.3, 0.4) is 0 Å². The number of aromatic nitrogens is 2. The van der Waals surface area contributed by atoms with Crippen LogP contribution in [0, 0.1) is 0 Å². The molecule has 6 nitrogen and oxygen atoms in total. The molecule has 8 heteroatoms. The van der Waals surface area contributed by atoms with Gasteiger partial charge in [-0.05, 0) is 12.8 Å². The molecule has 1 aromatic rings. The molecule has 2 fully saturated rings. The topological polar surface area (TPSA) is 79.0 Å². The molecule has 3 heterocycles. The van der Waals surface area contributed by atoms with Gasteiger partial charge in [0, 0.05) is 37.3 Å². The molecule has 0 aromatic carbocycles. The highest BCUT2D eigenvalue weighted by Gasteiger charge is 2.42. The molecule has 0 radical (unpaired) electrons. The van der Waals surface area contributed by atoms with Crippen LogP contribution in [-0.2, 0) is 9.53 Å². The van der Waals surface area contributed by atoms with Crippen molar-refractivity contribution in [3.05, 3.63) is 11.8 Å². The number of nitrogens with one attached hydrogen (secondary N) is 3. The van der Waals surface area contributed by atoms with Gasteiger partial charge in [0.05, 0.1) is 12.6 Å². The van der Waals surface area contributed by atoms with E-state index >= 15 is 0 Å². The van der Waals surface area contributed by atoms with Gasteiger partial charge < -0.3 is 10.1 Å². The number of carbonyl (C=O) groups excluding carboxylic acids is 1. The number of hydrogen-bond acceptors (Lipinski definition) is 4. The SMILES string of the molecule is O=C(Nc1cc(C2CCOCC2)[nH]n1)C1CC(F)(F)CN1. The summed E-state index contributed by atoms with van der Waals surface area (Å²) in [5, 5.41) is 12.0. The lowest BCUT2D eigenvalue weighted by Crippen LogP contribution is -2.35. The number of aromatic amines is 1. The van der Waals surface area contributed by atoms with Crippen LogP contribution in [0.25, 0.3) is 0 Å². The lowest BCUT2D eigenvalue weighted by Gasteiger charge is -2.20. The number of carbonyl (C=O) groups is 1. The van der Waals surface area contributed by atoms with Gasteiger partial charge in [-0.1, -0.05) is 0 Å². The lowest BCUT2D eigenvalue weighted by molar-refractivity contribution is -0.118. The Hall–Kier alpha value is -1.54. The molecule has 21 heavy (non-hydrogen) atoms. The molecule has 2 saturated heterocycles. The molecule has 0 saturated carbocycles. The van der Waals surface area contributed by atoms with Crippen LogP contribution in [0.2, 0.25) is 0 Å². The molecule has 116 valence electrons. The summed E-state index contributed by atoms with van der Waals surface area (Å²) >= 11 is 0. The van der Waals surface area contributed by atoms with E-state index in [0.29, 0.717) is 24.9 Å². The lowest BCUT2D eigenvalue weighted by atomic mass is 9.97. The van der Waals surface area contributed by atoms with Crippen LogP contribution in [-0.4, -0.2) is 47.8 Å². The van der Waals surface area contributed by atoms with E-state index in [1.54, 1.807) is 6.07 Å². The summed E-state index contributed by atoms with van der Waals surface area (Å²) in [7, 11) is 0. The van der Waals surface area contributed by atoms with Crippen LogP contribution in [0.15, 0.2) is 6.07 Å². The Kier molecular flexibility index (Phi) is 3.90. The van der Waals surface area contributed by atoms with E-state index in [1.807, 2.05) is 0 Å². The van der Waals surface area contributed by atoms with Crippen LogP contribution >= 0.6 is 0 Å². The number of nitrogens with zero attached hydrogens (tertiary/aromatic N) is 1. The highest BCUT2D eigenvalue weighted by Crippen LogP contribution is 2.28. The largest absolute Gasteiger partial charge is 0.381 e. The molecule has 3 N–H and O–H groups in total. The van der Waals surface area contributed by atoms with E-state index in [1.165, 1.54) is 0 Å². The van der Waals surface area contributed by atoms with Gasteiger partial charge in [0.1, 0.15) is 0 Å². The molecule has 1 unspecified atom stereocenters. The van der Waals surface area contributed by atoms with Crippen molar-refractivity contribution in [3.63, 3.8) is 0 Å². The third-order valence-electron chi connectivity index (χ3n) is 3.94. The minimum atomic E-state index is -2.82. The molecule has 0 bridgehead atoms. The van der Waals surface area contributed by atoms with E-state index in [-0.39, 0.29) is 0 Å². The predicted octanol–water partition coefficient (Wildman–Crippen LogP) is 1.24. The van der Waals surface area contributed by atoms with Crippen molar-refractivity contribution in [1.82, 2.24) is 15.5 Å². The van der Waals surface area contributed by atoms with Crippen LogP contribution in [0.1, 0.15) is 30.9 Å². The second-order valence-electron chi connectivity index (χ2n) is 5.58. The Balaban J connectivity index is 1.58. The van der Waals surface area contributed by atoms with Gasteiger partial charge in [-0.3, -0.25) is 15.2 Å². The summed E-state index contributed by atoms with van der Waals surface area (Å²) in [4.78, 5) is 11.9. The fraction of sp³-hybridized carbons (Fsp3) is 0.692. The summed E-state index contributed by atoms with van der Waals surface area (Å²) in [6.07, 6.45) is 1.34. The highest BCUT2D eigenvalue weighted by atomic mass is 19.3. The molecule has 3 rings (SSSR count). The van der Waals surface area contributed by atoms with Crippen molar-refractivity contribution < 1.29 is 18.3 Å². The molecule has 1 atom stereocenters. The second-order valence-corrected chi connectivity index (χ2v) is 5.58. The molecule has 2 aliphatic heterocycles. The molecule has 0 spiro atoms. The second kappa shape index (κ2) is 5.69. The van der Waals surface area contributed by atoms with Gasteiger partial charge in [0.15, 0.2) is 5.82 Å². The van der Waals surface area contributed by atoms with Crippen LogP contribution in [0.4, 0.5) is 14.6 Å². The maximum atomic E-state index is 13.1. The molecular weight excluding hydrogens is 282 g/mol. The van der Waals surface area contributed by atoms with E-state index in [9.17, 15) is 13.6 Å². The average Bonchev–Trinajstić information content (AvgIpc) is 3.06. The number of halogens is 2. The Morgan fingerprint density at radius 3 is 2.86 bits per heavy atom. The standard InChI is InChI=1S/C13H18F2N4O2/c14-13(15)6-10(16-7-13)12(20)17-11-5-9(18-19-11)8-1-3-21-4-2-8/h5,8,10,16H,1-4,6-7H2,(H2,17,18,19,20). The highest BCUT2D eigenvalue weighted by molar-refractivity contribution is 5.94. The van der Waals surface area contributed by atoms with Crippen molar-refractivity contribution in [3.8, 4) is 0 Å². The van der Waals surface area contributed by atoms with E-state index in [0.717, 1.165) is 18.5 Å². The molecule has 2 aliphatic rings. The van der Waals surface area contributed by atoms with Gasteiger partial charge in [0.25, 0.3) is 5.92 Å². The monoisotopic (exact) mass is 300 g/mol. The Morgan fingerprint density at radius 1 is 1.43 bits per heavy atom. The van der Waals surface area contributed by atoms with Gasteiger partial charge in [-0.15, -0.1) is 0 Å². The van der Waals surface area contributed by atoms with E-state index in [4.69, 9.17) is 4.74 Å². The van der Waals surface area contributed by atoms with Crippen molar-refractivity contribution in [2.75, 3.05) is 25.1 Å². The van der Waals surface area contributed by atoms with Gasteiger partial charge in [0.2, 0.25) is 5.91 Å².